The van der Waals surface area contributed by atoms with Crippen LogP contribution in [0.2, 0.25) is 10.0 Å². The van der Waals surface area contributed by atoms with Gasteiger partial charge < -0.3 is 4.90 Å². The molecule has 0 aliphatic rings. The van der Waals surface area contributed by atoms with E-state index in [1.54, 1.807) is 43.3 Å². The molecule has 1 heterocycles. The summed E-state index contributed by atoms with van der Waals surface area (Å²) in [5, 5.41) is 9.88. The van der Waals surface area contributed by atoms with Gasteiger partial charge in [0.05, 0.1) is 10.3 Å². The third-order valence-electron chi connectivity index (χ3n) is 3.27. The molecule has 0 fully saturated rings. The molecule has 0 bridgehead atoms. The lowest BCUT2D eigenvalue weighted by Crippen LogP contribution is -2.29. The largest absolute Gasteiger partial charge is 0.348 e. The maximum absolute atomic E-state index is 12.1. The number of nitrogens with zero attached hydrogens (tertiary/aromatic N) is 4. The van der Waals surface area contributed by atoms with Crippen molar-refractivity contribution in [1.29, 1.82) is 0 Å². The molecular weight excluding hydrogens is 367 g/mol. The monoisotopic (exact) mass is 384 g/mol. The van der Waals surface area contributed by atoms with Crippen molar-refractivity contribution in [2.45, 2.75) is 23.9 Å². The van der Waals surface area contributed by atoms with Crippen molar-refractivity contribution in [3.05, 3.63) is 40.9 Å². The van der Waals surface area contributed by atoms with Gasteiger partial charge in [-0.2, -0.15) is 0 Å². The third kappa shape index (κ3) is 4.12. The van der Waals surface area contributed by atoms with Crippen LogP contribution in [0, 0.1) is 0 Å². The lowest BCUT2D eigenvalue weighted by atomic mass is 10.2. The highest BCUT2D eigenvalue weighted by atomic mass is 35.5. The summed E-state index contributed by atoms with van der Waals surface area (Å²) < 4.78 is 1.88. The van der Waals surface area contributed by atoms with Crippen LogP contribution in [0.3, 0.4) is 0 Å². The van der Waals surface area contributed by atoms with Crippen molar-refractivity contribution in [2.24, 2.45) is 0 Å². The summed E-state index contributed by atoms with van der Waals surface area (Å²) in [6, 6.07) is 5.22. The molecule has 0 N–H and O–H groups in total. The molecule has 8 heteroatoms. The molecule has 2 aromatic rings. The Morgan fingerprint density at radius 1 is 1.42 bits per heavy atom. The Kier molecular flexibility index (Phi) is 6.32. The Bertz CT molecular complexity index is 761. The van der Waals surface area contributed by atoms with E-state index >= 15 is 0 Å². The van der Waals surface area contributed by atoms with E-state index in [1.807, 2.05) is 11.5 Å². The number of benzene rings is 1. The average molecular weight is 385 g/mol. The second kappa shape index (κ2) is 8.05. The van der Waals surface area contributed by atoms with E-state index in [-0.39, 0.29) is 11.2 Å². The van der Waals surface area contributed by atoms with E-state index in [0.29, 0.717) is 27.6 Å². The van der Waals surface area contributed by atoms with Crippen LogP contribution < -0.4 is 0 Å². The summed E-state index contributed by atoms with van der Waals surface area (Å²) in [5.74, 6) is 0.628. The van der Waals surface area contributed by atoms with Gasteiger partial charge in [-0.25, -0.2) is 0 Å². The summed E-state index contributed by atoms with van der Waals surface area (Å²) in [6.45, 7) is 6.12. The zero-order valence-corrected chi connectivity index (χ0v) is 16.0. The summed E-state index contributed by atoms with van der Waals surface area (Å²) in [5.41, 5.74) is 0.730. The number of allylic oxidation sites excluding steroid dienone is 1. The molecule has 128 valence electrons. The summed E-state index contributed by atoms with van der Waals surface area (Å²) in [4.78, 5) is 13.6. The number of thioether (sulfide) groups is 1. The quantitative estimate of drug-likeness (QED) is 0.557. The number of halogens is 2. The van der Waals surface area contributed by atoms with Gasteiger partial charge in [-0.15, -0.1) is 16.8 Å². The van der Waals surface area contributed by atoms with Crippen LogP contribution in [0.5, 0.6) is 0 Å². The first-order chi connectivity index (χ1) is 11.3. The molecule has 2 rings (SSSR count). The predicted molar refractivity (Wildman–Crippen MR) is 99.7 cm³/mol. The van der Waals surface area contributed by atoms with Gasteiger partial charge in [-0.05, 0) is 25.1 Å². The molecule has 1 amide bonds. The molecule has 0 radical (unpaired) electrons. The highest BCUT2D eigenvalue weighted by Crippen LogP contribution is 2.32. The Morgan fingerprint density at radius 2 is 2.12 bits per heavy atom. The number of hydrogen-bond acceptors (Lipinski definition) is 4. The number of carbonyl (C=O) groups is 1. The van der Waals surface area contributed by atoms with Gasteiger partial charge in [-0.1, -0.05) is 41.0 Å². The Labute approximate surface area is 155 Å². The maximum Gasteiger partial charge on any atom is 0.235 e. The minimum atomic E-state index is -0.277. The van der Waals surface area contributed by atoms with E-state index in [0.717, 1.165) is 5.56 Å². The van der Waals surface area contributed by atoms with E-state index in [2.05, 4.69) is 16.8 Å². The average Bonchev–Trinajstić information content (AvgIpc) is 2.89. The molecule has 1 aromatic heterocycles. The van der Waals surface area contributed by atoms with Crippen molar-refractivity contribution in [3.63, 3.8) is 0 Å². The van der Waals surface area contributed by atoms with Crippen LogP contribution in [-0.2, 0) is 11.3 Å². The first-order valence-electron chi connectivity index (χ1n) is 7.22. The standard InChI is InChI=1S/C16H18Cl2N4OS/c1-5-8-22-14(12-7-6-11(17)9-13(12)18)19-20-16(22)24-10(2)15(23)21(3)4/h5-7,9-10H,1,8H2,2-4H3/t10-/m1/s1. The first kappa shape index (κ1) is 18.8. The van der Waals surface area contributed by atoms with Crippen LogP contribution in [-0.4, -0.2) is 44.9 Å². The molecule has 0 saturated carbocycles. The fraction of sp³-hybridized carbons (Fsp3) is 0.312. The Hall–Kier alpha value is -1.50. The molecule has 5 nitrogen and oxygen atoms in total. The maximum atomic E-state index is 12.1. The van der Waals surface area contributed by atoms with Gasteiger partial charge in [0, 0.05) is 31.2 Å². The molecular formula is C16H18Cl2N4OS. The van der Waals surface area contributed by atoms with E-state index in [1.165, 1.54) is 11.8 Å². The fourth-order valence-corrected chi connectivity index (χ4v) is 3.61. The normalized spacial score (nSPS) is 12.0. The zero-order chi connectivity index (χ0) is 17.9. The van der Waals surface area contributed by atoms with Gasteiger partial charge >= 0.3 is 0 Å². The van der Waals surface area contributed by atoms with Crippen molar-refractivity contribution >= 4 is 40.9 Å². The SMILES string of the molecule is C=CCn1c(S[C@H](C)C(=O)N(C)C)nnc1-c1ccc(Cl)cc1Cl. The lowest BCUT2D eigenvalue weighted by molar-refractivity contribution is -0.127. The van der Waals surface area contributed by atoms with E-state index in [4.69, 9.17) is 23.2 Å². The Morgan fingerprint density at radius 3 is 2.71 bits per heavy atom. The van der Waals surface area contributed by atoms with Crippen molar-refractivity contribution in [2.75, 3.05) is 14.1 Å². The van der Waals surface area contributed by atoms with Crippen molar-refractivity contribution in [1.82, 2.24) is 19.7 Å². The topological polar surface area (TPSA) is 51.0 Å². The summed E-state index contributed by atoms with van der Waals surface area (Å²) in [7, 11) is 3.46. The lowest BCUT2D eigenvalue weighted by Gasteiger charge is -2.16. The highest BCUT2D eigenvalue weighted by Gasteiger charge is 2.22. The van der Waals surface area contributed by atoms with Gasteiger partial charge in [0.15, 0.2) is 11.0 Å². The van der Waals surface area contributed by atoms with Crippen LogP contribution in [0.4, 0.5) is 0 Å². The summed E-state index contributed by atoms with van der Waals surface area (Å²) in [6.07, 6.45) is 1.75. The molecule has 24 heavy (non-hydrogen) atoms. The highest BCUT2D eigenvalue weighted by molar-refractivity contribution is 8.00. The number of amides is 1. The van der Waals surface area contributed by atoms with Crippen LogP contribution >= 0.6 is 35.0 Å². The van der Waals surface area contributed by atoms with Crippen LogP contribution in [0.1, 0.15) is 6.92 Å². The number of hydrogen-bond donors (Lipinski definition) is 0. The second-order valence-corrected chi connectivity index (χ2v) is 7.47. The molecule has 1 aromatic carbocycles. The molecule has 0 aliphatic carbocycles. The molecule has 0 unspecified atom stereocenters. The van der Waals surface area contributed by atoms with Crippen LogP contribution in [0.25, 0.3) is 11.4 Å². The molecule has 0 spiro atoms. The van der Waals surface area contributed by atoms with Crippen LogP contribution in [0.15, 0.2) is 36.0 Å². The number of rotatable bonds is 6. The molecule has 0 aliphatic heterocycles. The van der Waals surface area contributed by atoms with E-state index in [9.17, 15) is 4.79 Å². The van der Waals surface area contributed by atoms with Gasteiger partial charge in [0.25, 0.3) is 0 Å². The predicted octanol–water partition coefficient (Wildman–Crippen LogP) is 4.01. The van der Waals surface area contributed by atoms with Gasteiger partial charge in [-0.3, -0.25) is 9.36 Å². The van der Waals surface area contributed by atoms with Gasteiger partial charge in [0.1, 0.15) is 0 Å². The minimum Gasteiger partial charge on any atom is -0.348 e. The Balaban J connectivity index is 2.40. The summed E-state index contributed by atoms with van der Waals surface area (Å²) >= 11 is 13.6. The van der Waals surface area contributed by atoms with Crippen molar-refractivity contribution < 1.29 is 4.79 Å². The second-order valence-electron chi connectivity index (χ2n) is 5.32. The first-order valence-corrected chi connectivity index (χ1v) is 8.86. The fourth-order valence-electron chi connectivity index (χ4n) is 2.11. The van der Waals surface area contributed by atoms with E-state index < -0.39 is 0 Å². The zero-order valence-electron chi connectivity index (χ0n) is 13.7. The molecule has 0 saturated heterocycles. The van der Waals surface area contributed by atoms with Crippen molar-refractivity contribution in [3.8, 4) is 11.4 Å². The number of carbonyl (C=O) groups excluding carboxylic acids is 1. The smallest absolute Gasteiger partial charge is 0.235 e. The van der Waals surface area contributed by atoms with Gasteiger partial charge in [0.2, 0.25) is 5.91 Å². The molecule has 1 atom stereocenters. The third-order valence-corrected chi connectivity index (χ3v) is 4.89. The number of aromatic nitrogens is 3. The minimum absolute atomic E-state index is 0.0132.